The topological polar surface area (TPSA) is 36.9 Å². The third-order valence-electron chi connectivity index (χ3n) is 1.57. The van der Waals surface area contributed by atoms with Gasteiger partial charge >= 0.3 is 5.97 Å². The Morgan fingerprint density at radius 2 is 1.64 bits per heavy atom. The first-order valence-electron chi connectivity index (χ1n) is 4.75. The van der Waals surface area contributed by atoms with Crippen LogP contribution in [0.2, 0.25) is 0 Å². The standard InChI is InChI=1S/C8H19ClO4Si/c1-4-10-7(9)8(13-14,11-5-2)12-6-3/h7H,4-6H2,1-3,14H3. The minimum atomic E-state index is -1.24. The normalized spacial score (nSPS) is 14.6. The number of hydrogen-bond acceptors (Lipinski definition) is 4. The quantitative estimate of drug-likeness (QED) is 0.355. The molecule has 0 amide bonds. The van der Waals surface area contributed by atoms with Crippen molar-refractivity contribution in [2.45, 2.75) is 32.3 Å². The van der Waals surface area contributed by atoms with Gasteiger partial charge in [0.15, 0.2) is 10.5 Å². The van der Waals surface area contributed by atoms with Crippen molar-refractivity contribution in [3.63, 3.8) is 0 Å². The van der Waals surface area contributed by atoms with Gasteiger partial charge in [0.2, 0.25) is 5.56 Å². The molecule has 0 N–H and O–H groups in total. The summed E-state index contributed by atoms with van der Waals surface area (Å²) in [5.41, 5.74) is -0.745. The van der Waals surface area contributed by atoms with Crippen LogP contribution in [-0.4, -0.2) is 41.8 Å². The van der Waals surface area contributed by atoms with Crippen molar-refractivity contribution in [2.24, 2.45) is 0 Å². The second-order valence-electron chi connectivity index (χ2n) is 2.45. The van der Waals surface area contributed by atoms with E-state index in [0.29, 0.717) is 30.3 Å². The smallest absolute Gasteiger partial charge is 0.315 e. The van der Waals surface area contributed by atoms with E-state index in [1.807, 2.05) is 20.8 Å². The van der Waals surface area contributed by atoms with E-state index >= 15 is 0 Å². The molecule has 0 aliphatic carbocycles. The molecule has 1 unspecified atom stereocenters. The fraction of sp³-hybridized carbons (Fsp3) is 1.00. The molecule has 14 heavy (non-hydrogen) atoms. The Kier molecular flexibility index (Phi) is 7.80. The van der Waals surface area contributed by atoms with E-state index in [9.17, 15) is 0 Å². The van der Waals surface area contributed by atoms with Crippen LogP contribution in [0.1, 0.15) is 20.8 Å². The number of ether oxygens (including phenoxy) is 3. The van der Waals surface area contributed by atoms with Gasteiger partial charge in [0.1, 0.15) is 0 Å². The monoisotopic (exact) mass is 242 g/mol. The lowest BCUT2D eigenvalue weighted by Crippen LogP contribution is -2.48. The minimum absolute atomic E-state index is 0.457. The largest absolute Gasteiger partial charge is 0.377 e. The highest BCUT2D eigenvalue weighted by atomic mass is 35.5. The lowest BCUT2D eigenvalue weighted by molar-refractivity contribution is -0.367. The molecular weight excluding hydrogens is 224 g/mol. The van der Waals surface area contributed by atoms with Crippen LogP contribution in [0.4, 0.5) is 0 Å². The van der Waals surface area contributed by atoms with Crippen LogP contribution in [0.3, 0.4) is 0 Å². The predicted octanol–water partition coefficient (Wildman–Crippen LogP) is 0.612. The number of alkyl halides is 1. The molecule has 0 spiro atoms. The molecule has 4 nitrogen and oxygen atoms in total. The number of hydrogen-bond donors (Lipinski definition) is 0. The van der Waals surface area contributed by atoms with Gasteiger partial charge in [-0.05, 0) is 20.8 Å². The molecule has 0 bridgehead atoms. The Hall–Kier alpha value is 0.347. The van der Waals surface area contributed by atoms with E-state index in [1.54, 1.807) is 0 Å². The first kappa shape index (κ1) is 14.3. The molecule has 0 saturated heterocycles. The van der Waals surface area contributed by atoms with E-state index in [-0.39, 0.29) is 0 Å². The third-order valence-corrected chi connectivity index (χ3v) is 2.53. The lowest BCUT2D eigenvalue weighted by Gasteiger charge is -2.34. The summed E-state index contributed by atoms with van der Waals surface area (Å²) < 4.78 is 21.2. The van der Waals surface area contributed by atoms with Gasteiger partial charge in [-0.25, -0.2) is 0 Å². The summed E-state index contributed by atoms with van der Waals surface area (Å²) in [6.07, 6.45) is 0. The Morgan fingerprint density at radius 3 is 1.93 bits per heavy atom. The molecule has 86 valence electrons. The van der Waals surface area contributed by atoms with Gasteiger partial charge in [0.05, 0.1) is 0 Å². The first-order chi connectivity index (χ1) is 6.66. The van der Waals surface area contributed by atoms with E-state index in [2.05, 4.69) is 0 Å². The Bertz CT molecular complexity index is 141. The molecular formula is C8H19ClO4Si. The Morgan fingerprint density at radius 1 is 1.14 bits per heavy atom. The molecule has 1 atom stereocenters. The summed E-state index contributed by atoms with van der Waals surface area (Å²) >= 11 is 5.99. The summed E-state index contributed by atoms with van der Waals surface area (Å²) in [6, 6.07) is 0. The first-order valence-corrected chi connectivity index (χ1v) is 6.00. The molecule has 0 fully saturated rings. The van der Waals surface area contributed by atoms with Crippen LogP contribution in [-0.2, 0) is 18.6 Å². The highest BCUT2D eigenvalue weighted by molar-refractivity contribution is 6.20. The van der Waals surface area contributed by atoms with Gasteiger partial charge in [0.25, 0.3) is 0 Å². The van der Waals surface area contributed by atoms with E-state index in [1.165, 1.54) is 0 Å². The van der Waals surface area contributed by atoms with Crippen molar-refractivity contribution in [1.82, 2.24) is 0 Å². The molecule has 0 heterocycles. The van der Waals surface area contributed by atoms with Crippen LogP contribution in [0, 0.1) is 0 Å². The molecule has 0 aromatic rings. The third kappa shape index (κ3) is 3.84. The Labute approximate surface area is 93.3 Å². The summed E-state index contributed by atoms with van der Waals surface area (Å²) in [4.78, 5) is 0. The molecule has 0 aliphatic rings. The van der Waals surface area contributed by atoms with Gasteiger partial charge in [-0.3, -0.25) is 0 Å². The van der Waals surface area contributed by atoms with E-state index in [0.717, 1.165) is 0 Å². The van der Waals surface area contributed by atoms with Crippen molar-refractivity contribution in [3.05, 3.63) is 0 Å². The predicted molar refractivity (Wildman–Crippen MR) is 58.3 cm³/mol. The van der Waals surface area contributed by atoms with Crippen LogP contribution in [0.25, 0.3) is 0 Å². The minimum Gasteiger partial charge on any atom is -0.377 e. The van der Waals surface area contributed by atoms with Crippen LogP contribution in [0.5, 0.6) is 0 Å². The zero-order valence-corrected chi connectivity index (χ0v) is 12.0. The molecule has 0 aromatic heterocycles. The highest BCUT2D eigenvalue weighted by Gasteiger charge is 2.40. The zero-order valence-electron chi connectivity index (χ0n) is 9.21. The fourth-order valence-corrected chi connectivity index (χ4v) is 1.97. The van der Waals surface area contributed by atoms with Crippen molar-refractivity contribution in [1.29, 1.82) is 0 Å². The van der Waals surface area contributed by atoms with Gasteiger partial charge < -0.3 is 18.6 Å². The number of rotatable bonds is 8. The van der Waals surface area contributed by atoms with Crippen molar-refractivity contribution in [2.75, 3.05) is 19.8 Å². The van der Waals surface area contributed by atoms with E-state index < -0.39 is 11.5 Å². The average Bonchev–Trinajstić information content (AvgIpc) is 2.17. The van der Waals surface area contributed by atoms with Crippen molar-refractivity contribution < 1.29 is 18.6 Å². The van der Waals surface area contributed by atoms with Crippen molar-refractivity contribution in [3.8, 4) is 0 Å². The average molecular weight is 243 g/mol. The van der Waals surface area contributed by atoms with Crippen molar-refractivity contribution >= 4 is 22.1 Å². The maximum atomic E-state index is 5.99. The highest BCUT2D eigenvalue weighted by Crippen LogP contribution is 2.24. The molecule has 0 rings (SSSR count). The number of halogens is 1. The van der Waals surface area contributed by atoms with Crippen LogP contribution >= 0.6 is 11.6 Å². The molecule has 6 heteroatoms. The summed E-state index contributed by atoms with van der Waals surface area (Å²) in [5.74, 6) is -1.24. The van der Waals surface area contributed by atoms with Gasteiger partial charge in [-0.1, -0.05) is 11.6 Å². The van der Waals surface area contributed by atoms with Crippen LogP contribution in [0.15, 0.2) is 0 Å². The van der Waals surface area contributed by atoms with E-state index in [4.69, 9.17) is 30.2 Å². The van der Waals surface area contributed by atoms with Gasteiger partial charge in [-0.15, -0.1) is 0 Å². The second-order valence-corrected chi connectivity index (χ2v) is 3.25. The second kappa shape index (κ2) is 7.61. The fourth-order valence-electron chi connectivity index (χ4n) is 1.03. The van der Waals surface area contributed by atoms with Gasteiger partial charge in [0, 0.05) is 19.8 Å². The van der Waals surface area contributed by atoms with Crippen LogP contribution < -0.4 is 0 Å². The maximum Gasteiger partial charge on any atom is 0.315 e. The lowest BCUT2D eigenvalue weighted by atomic mass is 10.5. The summed E-state index contributed by atoms with van der Waals surface area (Å²) in [7, 11) is 0.465. The summed E-state index contributed by atoms with van der Waals surface area (Å²) in [6.45, 7) is 6.96. The molecule has 0 saturated carbocycles. The molecule has 0 radical (unpaired) electrons. The molecule has 0 aromatic carbocycles. The molecule has 0 aliphatic heterocycles. The summed E-state index contributed by atoms with van der Waals surface area (Å²) in [5, 5.41) is 0. The zero-order chi connectivity index (χ0) is 11.0. The Balaban J connectivity index is 4.45. The SMILES string of the molecule is CCOC(Cl)C(O[SiH3])(OCC)OCC. The maximum absolute atomic E-state index is 5.99. The van der Waals surface area contributed by atoms with Gasteiger partial charge in [-0.2, -0.15) is 0 Å².